The maximum absolute atomic E-state index is 11.3. The Morgan fingerprint density at radius 2 is 1.57 bits per heavy atom. The van der Waals surface area contributed by atoms with E-state index in [0.717, 1.165) is 5.75 Å². The van der Waals surface area contributed by atoms with Gasteiger partial charge in [0.15, 0.2) is 0 Å². The van der Waals surface area contributed by atoms with Crippen molar-refractivity contribution in [3.63, 3.8) is 0 Å². The second-order valence-electron chi connectivity index (χ2n) is 4.77. The van der Waals surface area contributed by atoms with Crippen molar-refractivity contribution in [2.45, 2.75) is 0 Å². The molecule has 0 bridgehead atoms. The minimum Gasteiger partial charge on any atom is -0.478 e. The molecule has 23 heavy (non-hydrogen) atoms. The third-order valence-electron chi connectivity index (χ3n) is 3.20. The van der Waals surface area contributed by atoms with E-state index in [1.54, 1.807) is 24.3 Å². The molecule has 5 heteroatoms. The zero-order valence-corrected chi connectivity index (χ0v) is 12.7. The Bertz CT molecular complexity index is 833. The molecule has 4 nitrogen and oxygen atoms in total. The molecule has 0 aliphatic carbocycles. The van der Waals surface area contributed by atoms with Gasteiger partial charge in [-0.25, -0.2) is 9.78 Å². The Balaban J connectivity index is 1.91. The predicted molar refractivity (Wildman–Crippen MR) is 88.2 cm³/mol. The number of hydrogen-bond donors (Lipinski definition) is 1. The molecule has 1 N–H and O–H groups in total. The molecule has 0 aliphatic rings. The van der Waals surface area contributed by atoms with Crippen LogP contribution in [0.3, 0.4) is 0 Å². The first-order chi connectivity index (χ1) is 11.1. The standard InChI is InChI=1S/C18H12ClNO3/c19-16-11-10-15(18(21)22)17(20-16)12-6-8-14(9-7-12)23-13-4-2-1-3-5-13/h1-11H,(H,21,22). The molecule has 0 atom stereocenters. The van der Waals surface area contributed by atoms with E-state index in [1.807, 2.05) is 30.3 Å². The molecule has 3 aromatic rings. The Morgan fingerprint density at radius 3 is 2.22 bits per heavy atom. The van der Waals surface area contributed by atoms with Gasteiger partial charge in [-0.3, -0.25) is 0 Å². The van der Waals surface area contributed by atoms with Crippen LogP contribution in [-0.2, 0) is 0 Å². The quantitative estimate of drug-likeness (QED) is 0.694. The molecule has 0 saturated carbocycles. The van der Waals surface area contributed by atoms with Crippen LogP contribution in [-0.4, -0.2) is 16.1 Å². The molecule has 0 radical (unpaired) electrons. The lowest BCUT2D eigenvalue weighted by Crippen LogP contribution is -2.01. The third-order valence-corrected chi connectivity index (χ3v) is 3.41. The fourth-order valence-electron chi connectivity index (χ4n) is 2.13. The molecule has 0 aliphatic heterocycles. The van der Waals surface area contributed by atoms with Gasteiger partial charge in [0.1, 0.15) is 16.7 Å². The fourth-order valence-corrected chi connectivity index (χ4v) is 2.28. The Hall–Kier alpha value is -2.85. The van der Waals surface area contributed by atoms with Gasteiger partial charge >= 0.3 is 5.97 Å². The minimum atomic E-state index is -1.05. The van der Waals surface area contributed by atoms with Crippen LogP contribution in [0.2, 0.25) is 5.15 Å². The van der Waals surface area contributed by atoms with Crippen LogP contribution >= 0.6 is 11.6 Å². The summed E-state index contributed by atoms with van der Waals surface area (Å²) in [6.45, 7) is 0. The zero-order chi connectivity index (χ0) is 16.2. The van der Waals surface area contributed by atoms with E-state index in [2.05, 4.69) is 4.98 Å². The zero-order valence-electron chi connectivity index (χ0n) is 11.9. The molecule has 1 heterocycles. The number of carboxylic acids is 1. The van der Waals surface area contributed by atoms with Crippen LogP contribution in [0.25, 0.3) is 11.3 Å². The van der Waals surface area contributed by atoms with Gasteiger partial charge in [0.2, 0.25) is 0 Å². The number of ether oxygens (including phenoxy) is 1. The van der Waals surface area contributed by atoms with Gasteiger partial charge in [-0.15, -0.1) is 0 Å². The summed E-state index contributed by atoms with van der Waals surface area (Å²) in [4.78, 5) is 15.4. The van der Waals surface area contributed by atoms with Crippen LogP contribution in [0.5, 0.6) is 11.5 Å². The predicted octanol–water partition coefficient (Wildman–Crippen LogP) is 4.89. The van der Waals surface area contributed by atoms with Crippen molar-refractivity contribution < 1.29 is 14.6 Å². The van der Waals surface area contributed by atoms with E-state index < -0.39 is 5.97 Å². The molecule has 0 spiro atoms. The highest BCUT2D eigenvalue weighted by Crippen LogP contribution is 2.27. The monoisotopic (exact) mass is 325 g/mol. The maximum atomic E-state index is 11.3. The molecule has 1 aromatic heterocycles. The molecule has 2 aromatic carbocycles. The van der Waals surface area contributed by atoms with Crippen LogP contribution in [0.1, 0.15) is 10.4 Å². The van der Waals surface area contributed by atoms with Crippen molar-refractivity contribution >= 4 is 17.6 Å². The number of benzene rings is 2. The van der Waals surface area contributed by atoms with Crippen LogP contribution in [0.15, 0.2) is 66.7 Å². The van der Waals surface area contributed by atoms with Crippen molar-refractivity contribution in [1.29, 1.82) is 0 Å². The average Bonchev–Trinajstić information content (AvgIpc) is 2.56. The van der Waals surface area contributed by atoms with E-state index in [4.69, 9.17) is 16.3 Å². The minimum absolute atomic E-state index is 0.103. The normalized spacial score (nSPS) is 10.3. The van der Waals surface area contributed by atoms with Gasteiger partial charge in [0, 0.05) is 5.56 Å². The average molecular weight is 326 g/mol. The number of carbonyl (C=O) groups is 1. The van der Waals surface area contributed by atoms with Gasteiger partial charge in [-0.2, -0.15) is 0 Å². The second-order valence-corrected chi connectivity index (χ2v) is 5.16. The van der Waals surface area contributed by atoms with Crippen molar-refractivity contribution in [3.8, 4) is 22.8 Å². The Labute approximate surface area is 138 Å². The highest BCUT2D eigenvalue weighted by Gasteiger charge is 2.14. The van der Waals surface area contributed by atoms with Crippen molar-refractivity contribution in [2.24, 2.45) is 0 Å². The first-order valence-corrected chi connectivity index (χ1v) is 7.24. The van der Waals surface area contributed by atoms with Crippen molar-refractivity contribution in [1.82, 2.24) is 4.98 Å². The highest BCUT2D eigenvalue weighted by atomic mass is 35.5. The maximum Gasteiger partial charge on any atom is 0.337 e. The lowest BCUT2D eigenvalue weighted by Gasteiger charge is -2.08. The van der Waals surface area contributed by atoms with Crippen LogP contribution in [0.4, 0.5) is 0 Å². The first-order valence-electron chi connectivity index (χ1n) is 6.86. The van der Waals surface area contributed by atoms with E-state index >= 15 is 0 Å². The number of pyridine rings is 1. The summed E-state index contributed by atoms with van der Waals surface area (Å²) in [6, 6.07) is 19.3. The molecule has 3 rings (SSSR count). The number of hydrogen-bond acceptors (Lipinski definition) is 3. The van der Waals surface area contributed by atoms with E-state index in [1.165, 1.54) is 12.1 Å². The molecule has 0 saturated heterocycles. The van der Waals surface area contributed by atoms with Gasteiger partial charge < -0.3 is 9.84 Å². The first kappa shape index (κ1) is 15.1. The van der Waals surface area contributed by atoms with Gasteiger partial charge in [0.25, 0.3) is 0 Å². The number of halogens is 1. The van der Waals surface area contributed by atoms with Crippen LogP contribution in [0, 0.1) is 0 Å². The number of aromatic nitrogens is 1. The lowest BCUT2D eigenvalue weighted by molar-refractivity contribution is 0.0697. The molecule has 0 fully saturated rings. The summed E-state index contributed by atoms with van der Waals surface area (Å²) in [5.41, 5.74) is 1.09. The summed E-state index contributed by atoms with van der Waals surface area (Å²) in [5, 5.41) is 9.50. The van der Waals surface area contributed by atoms with E-state index in [9.17, 15) is 9.90 Å². The smallest absolute Gasteiger partial charge is 0.337 e. The van der Waals surface area contributed by atoms with E-state index in [-0.39, 0.29) is 10.7 Å². The Kier molecular flexibility index (Phi) is 4.26. The molecule has 0 amide bonds. The number of carboxylic acid groups (broad SMARTS) is 1. The second kappa shape index (κ2) is 6.50. The molecular weight excluding hydrogens is 314 g/mol. The highest BCUT2D eigenvalue weighted by molar-refractivity contribution is 6.29. The topological polar surface area (TPSA) is 59.4 Å². The third kappa shape index (κ3) is 3.49. The molecule has 114 valence electrons. The summed E-state index contributed by atoms with van der Waals surface area (Å²) >= 11 is 5.88. The fraction of sp³-hybridized carbons (Fsp3) is 0. The molecule has 0 unspecified atom stereocenters. The summed E-state index contributed by atoms with van der Waals surface area (Å²) in [7, 11) is 0. The molecular formula is C18H12ClNO3. The van der Waals surface area contributed by atoms with Gasteiger partial charge in [-0.05, 0) is 48.5 Å². The summed E-state index contributed by atoms with van der Waals surface area (Å²) in [6.07, 6.45) is 0. The largest absolute Gasteiger partial charge is 0.478 e. The summed E-state index contributed by atoms with van der Waals surface area (Å²) in [5.74, 6) is 0.333. The number of nitrogens with zero attached hydrogens (tertiary/aromatic N) is 1. The van der Waals surface area contributed by atoms with Crippen molar-refractivity contribution in [2.75, 3.05) is 0 Å². The van der Waals surface area contributed by atoms with Crippen molar-refractivity contribution in [3.05, 3.63) is 77.4 Å². The summed E-state index contributed by atoms with van der Waals surface area (Å²) < 4.78 is 5.71. The van der Waals surface area contributed by atoms with E-state index in [0.29, 0.717) is 17.0 Å². The number of rotatable bonds is 4. The lowest BCUT2D eigenvalue weighted by atomic mass is 10.1. The Morgan fingerprint density at radius 1 is 0.913 bits per heavy atom. The SMILES string of the molecule is O=C(O)c1ccc(Cl)nc1-c1ccc(Oc2ccccc2)cc1. The van der Waals surface area contributed by atoms with Crippen LogP contribution < -0.4 is 4.74 Å². The number of aromatic carboxylic acids is 1. The van der Waals surface area contributed by atoms with Gasteiger partial charge in [0.05, 0.1) is 11.3 Å². The van der Waals surface area contributed by atoms with Gasteiger partial charge in [-0.1, -0.05) is 29.8 Å². The number of para-hydroxylation sites is 1.